The minimum absolute atomic E-state index is 0.319. The quantitative estimate of drug-likeness (QED) is 0.826. The Morgan fingerprint density at radius 3 is 2.75 bits per heavy atom. The molecule has 2 amide bonds. The number of benzene rings is 1. The number of nitrogens with zero attached hydrogens (tertiary/aromatic N) is 1. The van der Waals surface area contributed by atoms with Gasteiger partial charge in [-0.15, -0.1) is 0 Å². The predicted molar refractivity (Wildman–Crippen MR) is 58.8 cm³/mol. The number of amides is 2. The normalized spacial score (nSPS) is 9.75. The average Bonchev–Trinajstić information content (AvgIpc) is 2.81. The maximum Gasteiger partial charge on any atom is 0.321 e. The molecule has 2 rings (SSSR count). The van der Waals surface area contributed by atoms with Crippen LogP contribution in [0.4, 0.5) is 10.7 Å². The van der Waals surface area contributed by atoms with Gasteiger partial charge in [0.05, 0.1) is 6.20 Å². The monoisotopic (exact) mass is 217 g/mol. The van der Waals surface area contributed by atoms with Crippen molar-refractivity contribution in [3.63, 3.8) is 0 Å². The lowest BCUT2D eigenvalue weighted by Gasteiger charge is -2.04. The van der Waals surface area contributed by atoms with Crippen LogP contribution in [-0.4, -0.2) is 11.2 Å². The molecule has 1 aromatic heterocycles. The molecule has 0 spiro atoms. The zero-order valence-electron chi connectivity index (χ0n) is 8.51. The summed E-state index contributed by atoms with van der Waals surface area (Å²) in [5.74, 6) is 0.325. The summed E-state index contributed by atoms with van der Waals surface area (Å²) in [6, 6.07) is 10.9. The highest BCUT2D eigenvalue weighted by atomic mass is 16.5. The van der Waals surface area contributed by atoms with E-state index in [0.29, 0.717) is 12.4 Å². The number of hydrogen-bond acceptors (Lipinski definition) is 3. The van der Waals surface area contributed by atoms with Crippen molar-refractivity contribution in [2.45, 2.75) is 6.54 Å². The van der Waals surface area contributed by atoms with Gasteiger partial charge in [-0.1, -0.05) is 35.5 Å². The average molecular weight is 217 g/mol. The third-order valence-corrected chi connectivity index (χ3v) is 1.97. The van der Waals surface area contributed by atoms with Crippen molar-refractivity contribution in [3.8, 4) is 0 Å². The summed E-state index contributed by atoms with van der Waals surface area (Å²) in [6.45, 7) is 0.473. The second kappa shape index (κ2) is 4.97. The molecule has 0 aliphatic heterocycles. The molecule has 1 aromatic carbocycles. The van der Waals surface area contributed by atoms with E-state index in [9.17, 15) is 4.79 Å². The molecule has 0 radical (unpaired) electrons. The van der Waals surface area contributed by atoms with E-state index < -0.39 is 0 Å². The second-order valence-corrected chi connectivity index (χ2v) is 3.17. The number of rotatable bonds is 3. The molecular weight excluding hydrogens is 206 g/mol. The van der Waals surface area contributed by atoms with Crippen LogP contribution in [0.1, 0.15) is 5.56 Å². The van der Waals surface area contributed by atoms with Gasteiger partial charge in [0.15, 0.2) is 0 Å². The summed E-state index contributed by atoms with van der Waals surface area (Å²) >= 11 is 0. The Balaban J connectivity index is 1.80. The van der Waals surface area contributed by atoms with Crippen molar-refractivity contribution in [2.24, 2.45) is 0 Å². The third kappa shape index (κ3) is 2.84. The predicted octanol–water partition coefficient (Wildman–Crippen LogP) is 2.00. The molecule has 5 heteroatoms. The van der Waals surface area contributed by atoms with Crippen LogP contribution in [0.3, 0.4) is 0 Å². The standard InChI is InChI=1S/C11H11N3O2/c15-11(14-10-6-7-13-16-10)12-8-9-4-2-1-3-5-9/h1-7H,8H2,(H2,12,14,15). The van der Waals surface area contributed by atoms with E-state index in [0.717, 1.165) is 5.56 Å². The summed E-state index contributed by atoms with van der Waals surface area (Å²) in [5.41, 5.74) is 1.04. The molecule has 0 bridgehead atoms. The third-order valence-electron chi connectivity index (χ3n) is 1.97. The van der Waals surface area contributed by atoms with Crippen LogP contribution in [0, 0.1) is 0 Å². The maximum absolute atomic E-state index is 11.4. The second-order valence-electron chi connectivity index (χ2n) is 3.17. The lowest BCUT2D eigenvalue weighted by atomic mass is 10.2. The first-order chi connectivity index (χ1) is 7.84. The number of carbonyl (C=O) groups is 1. The number of nitrogens with one attached hydrogen (secondary N) is 2. The summed E-state index contributed by atoms with van der Waals surface area (Å²) in [5, 5.41) is 8.69. The highest BCUT2D eigenvalue weighted by Gasteiger charge is 2.03. The first-order valence-electron chi connectivity index (χ1n) is 4.84. The molecule has 1 heterocycles. The van der Waals surface area contributed by atoms with Gasteiger partial charge < -0.3 is 9.84 Å². The number of anilines is 1. The van der Waals surface area contributed by atoms with Crippen LogP contribution >= 0.6 is 0 Å². The Morgan fingerprint density at radius 2 is 2.06 bits per heavy atom. The summed E-state index contributed by atoms with van der Waals surface area (Å²) in [6.07, 6.45) is 1.47. The van der Waals surface area contributed by atoms with Crippen molar-refractivity contribution in [3.05, 3.63) is 48.2 Å². The first-order valence-corrected chi connectivity index (χ1v) is 4.84. The Hall–Kier alpha value is -2.30. The van der Waals surface area contributed by atoms with E-state index in [1.165, 1.54) is 6.20 Å². The lowest BCUT2D eigenvalue weighted by Crippen LogP contribution is -2.27. The SMILES string of the molecule is O=C(NCc1ccccc1)Nc1ccno1. The molecule has 82 valence electrons. The van der Waals surface area contributed by atoms with Gasteiger partial charge in [-0.2, -0.15) is 0 Å². The molecule has 0 fully saturated rings. The van der Waals surface area contributed by atoms with E-state index in [1.807, 2.05) is 30.3 Å². The molecule has 0 atom stereocenters. The molecule has 0 aliphatic rings. The van der Waals surface area contributed by atoms with E-state index in [-0.39, 0.29) is 6.03 Å². The van der Waals surface area contributed by atoms with Crippen molar-refractivity contribution >= 4 is 11.9 Å². The molecule has 16 heavy (non-hydrogen) atoms. The minimum Gasteiger partial charge on any atom is -0.338 e. The van der Waals surface area contributed by atoms with Crippen molar-refractivity contribution in [2.75, 3.05) is 5.32 Å². The zero-order chi connectivity index (χ0) is 11.2. The number of aromatic nitrogens is 1. The highest BCUT2D eigenvalue weighted by Crippen LogP contribution is 2.03. The fourth-order valence-electron chi connectivity index (χ4n) is 1.21. The van der Waals surface area contributed by atoms with Crippen molar-refractivity contribution in [1.82, 2.24) is 10.5 Å². The van der Waals surface area contributed by atoms with Gasteiger partial charge in [0.2, 0.25) is 5.88 Å². The van der Waals surface area contributed by atoms with Crippen molar-refractivity contribution < 1.29 is 9.32 Å². The first kappa shape index (κ1) is 10.2. The van der Waals surface area contributed by atoms with Gasteiger partial charge in [0.1, 0.15) is 0 Å². The minimum atomic E-state index is -0.319. The van der Waals surface area contributed by atoms with Crippen LogP contribution in [0.15, 0.2) is 47.1 Å². The van der Waals surface area contributed by atoms with Gasteiger partial charge in [-0.25, -0.2) is 4.79 Å². The van der Waals surface area contributed by atoms with Crippen LogP contribution in [0.5, 0.6) is 0 Å². The maximum atomic E-state index is 11.4. The highest BCUT2D eigenvalue weighted by molar-refractivity contribution is 5.87. The molecule has 5 nitrogen and oxygen atoms in total. The fourth-order valence-corrected chi connectivity index (χ4v) is 1.21. The van der Waals surface area contributed by atoms with Crippen LogP contribution < -0.4 is 10.6 Å². The molecule has 0 saturated heterocycles. The molecule has 2 aromatic rings. The van der Waals surface area contributed by atoms with Gasteiger partial charge >= 0.3 is 6.03 Å². The van der Waals surface area contributed by atoms with Crippen LogP contribution in [0.25, 0.3) is 0 Å². The molecule has 0 unspecified atom stereocenters. The smallest absolute Gasteiger partial charge is 0.321 e. The molecular formula is C11H11N3O2. The molecule has 2 N–H and O–H groups in total. The van der Waals surface area contributed by atoms with E-state index in [4.69, 9.17) is 4.52 Å². The molecule has 0 saturated carbocycles. The fraction of sp³-hybridized carbons (Fsp3) is 0.0909. The van der Waals surface area contributed by atoms with Gasteiger partial charge in [0.25, 0.3) is 0 Å². The van der Waals surface area contributed by atoms with Gasteiger partial charge in [0, 0.05) is 12.6 Å². The van der Waals surface area contributed by atoms with E-state index in [1.54, 1.807) is 6.07 Å². The lowest BCUT2D eigenvalue weighted by molar-refractivity contribution is 0.251. The van der Waals surface area contributed by atoms with Gasteiger partial charge in [-0.3, -0.25) is 5.32 Å². The largest absolute Gasteiger partial charge is 0.338 e. The number of carbonyl (C=O) groups excluding carboxylic acids is 1. The van der Waals surface area contributed by atoms with Crippen LogP contribution in [0.2, 0.25) is 0 Å². The summed E-state index contributed by atoms with van der Waals surface area (Å²) in [7, 11) is 0. The summed E-state index contributed by atoms with van der Waals surface area (Å²) in [4.78, 5) is 11.4. The number of urea groups is 1. The molecule has 0 aliphatic carbocycles. The van der Waals surface area contributed by atoms with Crippen LogP contribution in [-0.2, 0) is 6.54 Å². The Bertz CT molecular complexity index is 440. The topological polar surface area (TPSA) is 67.2 Å². The Kier molecular flexibility index (Phi) is 3.18. The van der Waals surface area contributed by atoms with E-state index >= 15 is 0 Å². The van der Waals surface area contributed by atoms with Crippen molar-refractivity contribution in [1.29, 1.82) is 0 Å². The summed E-state index contributed by atoms with van der Waals surface area (Å²) < 4.78 is 4.73. The number of hydrogen-bond donors (Lipinski definition) is 2. The van der Waals surface area contributed by atoms with Gasteiger partial charge in [-0.05, 0) is 5.56 Å². The Morgan fingerprint density at radius 1 is 1.25 bits per heavy atom. The Labute approximate surface area is 92.4 Å². The zero-order valence-corrected chi connectivity index (χ0v) is 8.51. The van der Waals surface area contributed by atoms with E-state index in [2.05, 4.69) is 15.8 Å².